The van der Waals surface area contributed by atoms with Crippen LogP contribution in [0.5, 0.6) is 23.0 Å². The minimum Gasteiger partial charge on any atom is -0.478 e. The van der Waals surface area contributed by atoms with Gasteiger partial charge in [-0.15, -0.1) is 0 Å². The third-order valence-corrected chi connectivity index (χ3v) is 3.48. The van der Waals surface area contributed by atoms with Gasteiger partial charge in [-0.05, 0) is 60.7 Å². The van der Waals surface area contributed by atoms with E-state index in [1.807, 2.05) is 0 Å². The molecular formula is C20H14O6. The molecule has 0 unspecified atom stereocenters. The highest BCUT2D eigenvalue weighted by Crippen LogP contribution is 2.28. The van der Waals surface area contributed by atoms with Gasteiger partial charge in [-0.25, -0.2) is 9.59 Å². The number of benzene rings is 3. The molecule has 26 heavy (non-hydrogen) atoms. The summed E-state index contributed by atoms with van der Waals surface area (Å²) in [5, 5.41) is 17.8. The highest BCUT2D eigenvalue weighted by molar-refractivity contribution is 5.88. The Labute approximate surface area is 148 Å². The van der Waals surface area contributed by atoms with Crippen LogP contribution in [0, 0.1) is 0 Å². The SMILES string of the molecule is O=C(O)c1ccc(Oc2cccc(Oc3ccc(C(=O)O)cc3)c2)cc1. The van der Waals surface area contributed by atoms with E-state index in [-0.39, 0.29) is 11.1 Å². The first kappa shape index (κ1) is 17.0. The predicted molar refractivity (Wildman–Crippen MR) is 93.4 cm³/mol. The van der Waals surface area contributed by atoms with E-state index in [9.17, 15) is 9.59 Å². The van der Waals surface area contributed by atoms with Gasteiger partial charge in [0.25, 0.3) is 0 Å². The zero-order valence-electron chi connectivity index (χ0n) is 13.5. The molecule has 6 heteroatoms. The lowest BCUT2D eigenvalue weighted by Gasteiger charge is -2.09. The van der Waals surface area contributed by atoms with Crippen molar-refractivity contribution in [3.63, 3.8) is 0 Å². The molecule has 0 aromatic heterocycles. The molecule has 6 nitrogen and oxygen atoms in total. The first-order chi connectivity index (χ1) is 12.5. The molecule has 0 radical (unpaired) electrons. The normalized spacial score (nSPS) is 10.2. The molecular weight excluding hydrogens is 336 g/mol. The summed E-state index contributed by atoms with van der Waals surface area (Å²) in [4.78, 5) is 21.7. The molecule has 0 aliphatic rings. The minimum atomic E-state index is -0.999. The highest BCUT2D eigenvalue weighted by atomic mass is 16.5. The maximum atomic E-state index is 10.9. The molecule has 2 N–H and O–H groups in total. The monoisotopic (exact) mass is 350 g/mol. The Bertz CT molecular complexity index is 855. The van der Waals surface area contributed by atoms with Crippen molar-refractivity contribution >= 4 is 11.9 Å². The molecule has 0 fully saturated rings. The number of ether oxygens (including phenoxy) is 2. The van der Waals surface area contributed by atoms with Gasteiger partial charge in [-0.3, -0.25) is 0 Å². The molecule has 3 aromatic carbocycles. The molecule has 0 bridgehead atoms. The first-order valence-electron chi connectivity index (χ1n) is 7.64. The third-order valence-electron chi connectivity index (χ3n) is 3.48. The topological polar surface area (TPSA) is 93.1 Å². The number of hydrogen-bond acceptors (Lipinski definition) is 4. The van der Waals surface area contributed by atoms with Crippen LogP contribution in [-0.2, 0) is 0 Å². The van der Waals surface area contributed by atoms with E-state index in [1.165, 1.54) is 24.3 Å². The maximum Gasteiger partial charge on any atom is 0.335 e. The largest absolute Gasteiger partial charge is 0.478 e. The molecule has 3 rings (SSSR count). The summed E-state index contributed by atoms with van der Waals surface area (Å²) >= 11 is 0. The van der Waals surface area contributed by atoms with Crippen LogP contribution in [0.3, 0.4) is 0 Å². The lowest BCUT2D eigenvalue weighted by atomic mass is 10.2. The summed E-state index contributed by atoms with van der Waals surface area (Å²) in [6.45, 7) is 0. The number of aromatic carboxylic acids is 2. The van der Waals surface area contributed by atoms with Gasteiger partial charge >= 0.3 is 11.9 Å². The summed E-state index contributed by atoms with van der Waals surface area (Å²) in [5.41, 5.74) is 0.360. The number of hydrogen-bond donors (Lipinski definition) is 2. The predicted octanol–water partition coefficient (Wildman–Crippen LogP) is 4.67. The number of rotatable bonds is 6. The second-order valence-corrected chi connectivity index (χ2v) is 5.34. The van der Waals surface area contributed by atoms with Crippen LogP contribution in [-0.4, -0.2) is 22.2 Å². The van der Waals surface area contributed by atoms with Gasteiger partial charge in [-0.1, -0.05) is 6.07 Å². The van der Waals surface area contributed by atoms with E-state index in [0.29, 0.717) is 23.0 Å². The summed E-state index contributed by atoms with van der Waals surface area (Å²) in [6.07, 6.45) is 0. The van der Waals surface area contributed by atoms with E-state index in [0.717, 1.165) is 0 Å². The summed E-state index contributed by atoms with van der Waals surface area (Å²) in [6, 6.07) is 19.0. The van der Waals surface area contributed by atoms with Gasteiger partial charge in [0.05, 0.1) is 11.1 Å². The van der Waals surface area contributed by atoms with Crippen molar-refractivity contribution in [2.45, 2.75) is 0 Å². The Morgan fingerprint density at radius 3 is 1.31 bits per heavy atom. The Hall–Kier alpha value is -3.80. The minimum absolute atomic E-state index is 0.180. The zero-order valence-corrected chi connectivity index (χ0v) is 13.5. The van der Waals surface area contributed by atoms with Crippen LogP contribution >= 0.6 is 0 Å². The van der Waals surface area contributed by atoms with Crippen LogP contribution in [0.1, 0.15) is 20.7 Å². The van der Waals surface area contributed by atoms with Crippen molar-refractivity contribution in [2.24, 2.45) is 0 Å². The highest BCUT2D eigenvalue weighted by Gasteiger charge is 2.06. The summed E-state index contributed by atoms with van der Waals surface area (Å²) in [5.74, 6) is 0.0399. The average molecular weight is 350 g/mol. The Morgan fingerprint density at radius 1 is 0.577 bits per heavy atom. The van der Waals surface area contributed by atoms with E-state index < -0.39 is 11.9 Å². The van der Waals surface area contributed by atoms with Gasteiger partial charge in [0.1, 0.15) is 23.0 Å². The summed E-state index contributed by atoms with van der Waals surface area (Å²) in [7, 11) is 0. The molecule has 0 saturated heterocycles. The van der Waals surface area contributed by atoms with Crippen LogP contribution in [0.25, 0.3) is 0 Å². The standard InChI is InChI=1S/C20H14O6/c21-19(22)13-4-8-15(9-5-13)25-17-2-1-3-18(12-17)26-16-10-6-14(7-11-16)20(23)24/h1-12H,(H,21,22)(H,23,24). The third kappa shape index (κ3) is 4.18. The Kier molecular flexibility index (Phi) is 4.85. The summed E-state index contributed by atoms with van der Waals surface area (Å²) < 4.78 is 11.4. The van der Waals surface area contributed by atoms with Crippen molar-refractivity contribution < 1.29 is 29.3 Å². The van der Waals surface area contributed by atoms with Crippen LogP contribution < -0.4 is 9.47 Å². The molecule has 130 valence electrons. The fourth-order valence-corrected chi connectivity index (χ4v) is 2.20. The van der Waals surface area contributed by atoms with Crippen LogP contribution in [0.15, 0.2) is 72.8 Å². The lowest BCUT2D eigenvalue weighted by Crippen LogP contribution is -1.95. The molecule has 0 amide bonds. The second-order valence-electron chi connectivity index (χ2n) is 5.34. The van der Waals surface area contributed by atoms with Gasteiger partial charge < -0.3 is 19.7 Å². The van der Waals surface area contributed by atoms with Crippen LogP contribution in [0.2, 0.25) is 0 Å². The van der Waals surface area contributed by atoms with Gasteiger partial charge in [0.15, 0.2) is 0 Å². The molecule has 0 aliphatic carbocycles. The van der Waals surface area contributed by atoms with Crippen molar-refractivity contribution in [3.8, 4) is 23.0 Å². The maximum absolute atomic E-state index is 10.9. The van der Waals surface area contributed by atoms with Crippen molar-refractivity contribution in [3.05, 3.63) is 83.9 Å². The van der Waals surface area contributed by atoms with Gasteiger partial charge in [0, 0.05) is 6.07 Å². The molecule has 0 saturated carbocycles. The number of carbonyl (C=O) groups is 2. The van der Waals surface area contributed by atoms with E-state index >= 15 is 0 Å². The fraction of sp³-hybridized carbons (Fsp3) is 0. The molecule has 0 aliphatic heterocycles. The van der Waals surface area contributed by atoms with Crippen molar-refractivity contribution in [1.82, 2.24) is 0 Å². The molecule has 0 atom stereocenters. The molecule has 0 spiro atoms. The molecule has 3 aromatic rings. The van der Waals surface area contributed by atoms with Gasteiger partial charge in [0.2, 0.25) is 0 Å². The molecule has 0 heterocycles. The van der Waals surface area contributed by atoms with Crippen molar-refractivity contribution in [1.29, 1.82) is 0 Å². The number of carboxylic acid groups (broad SMARTS) is 2. The second kappa shape index (κ2) is 7.40. The van der Waals surface area contributed by atoms with E-state index in [1.54, 1.807) is 48.5 Å². The first-order valence-corrected chi connectivity index (χ1v) is 7.64. The van der Waals surface area contributed by atoms with Crippen LogP contribution in [0.4, 0.5) is 0 Å². The zero-order chi connectivity index (χ0) is 18.5. The van der Waals surface area contributed by atoms with Gasteiger partial charge in [-0.2, -0.15) is 0 Å². The smallest absolute Gasteiger partial charge is 0.335 e. The lowest BCUT2D eigenvalue weighted by molar-refractivity contribution is 0.0686. The quantitative estimate of drug-likeness (QED) is 0.671. The fourth-order valence-electron chi connectivity index (χ4n) is 2.20. The Morgan fingerprint density at radius 2 is 0.962 bits per heavy atom. The van der Waals surface area contributed by atoms with E-state index in [2.05, 4.69) is 0 Å². The Balaban J connectivity index is 1.71. The van der Waals surface area contributed by atoms with Crippen molar-refractivity contribution in [2.75, 3.05) is 0 Å². The number of carboxylic acids is 2. The average Bonchev–Trinajstić information content (AvgIpc) is 2.63. The van der Waals surface area contributed by atoms with E-state index in [4.69, 9.17) is 19.7 Å².